The number of hydrogen-bond donors (Lipinski definition) is 1. The third-order valence-corrected chi connectivity index (χ3v) is 5.10. The minimum atomic E-state index is -3.23. The molecule has 1 fully saturated rings. The molecule has 0 aliphatic heterocycles. The van der Waals surface area contributed by atoms with Gasteiger partial charge in [-0.2, -0.15) is 0 Å². The SMILES string of the molecule is O=S(=O)(c1ccccc1)[C@@H]1CC[C@H](O)C1. The summed E-state index contributed by atoms with van der Waals surface area (Å²) in [4.78, 5) is 0.365. The van der Waals surface area contributed by atoms with Crippen LogP contribution in [0.2, 0.25) is 0 Å². The maximum atomic E-state index is 12.1. The van der Waals surface area contributed by atoms with Gasteiger partial charge in [0.05, 0.1) is 16.2 Å². The zero-order valence-corrected chi connectivity index (χ0v) is 9.15. The highest BCUT2D eigenvalue weighted by Crippen LogP contribution is 2.29. The summed E-state index contributed by atoms with van der Waals surface area (Å²) in [6.07, 6.45) is 1.08. The molecule has 82 valence electrons. The smallest absolute Gasteiger partial charge is 0.181 e. The van der Waals surface area contributed by atoms with Gasteiger partial charge < -0.3 is 5.11 Å². The molecule has 0 spiro atoms. The lowest BCUT2D eigenvalue weighted by Crippen LogP contribution is -2.19. The van der Waals surface area contributed by atoms with Gasteiger partial charge in [0.25, 0.3) is 0 Å². The third-order valence-electron chi connectivity index (χ3n) is 2.87. The van der Waals surface area contributed by atoms with Gasteiger partial charge in [0.15, 0.2) is 9.84 Å². The predicted molar refractivity (Wildman–Crippen MR) is 57.3 cm³/mol. The number of rotatable bonds is 2. The van der Waals surface area contributed by atoms with Crippen LogP contribution in [0, 0.1) is 0 Å². The minimum absolute atomic E-state index is 0.365. The zero-order chi connectivity index (χ0) is 10.9. The molecule has 3 nitrogen and oxygen atoms in total. The van der Waals surface area contributed by atoms with E-state index in [4.69, 9.17) is 0 Å². The first-order chi connectivity index (χ1) is 7.10. The summed E-state index contributed by atoms with van der Waals surface area (Å²) in [5.41, 5.74) is 0. The van der Waals surface area contributed by atoms with E-state index in [-0.39, 0.29) is 0 Å². The summed E-state index contributed by atoms with van der Waals surface area (Å²) in [6.45, 7) is 0. The second-order valence-corrected chi connectivity index (χ2v) is 6.18. The maximum Gasteiger partial charge on any atom is 0.181 e. The lowest BCUT2D eigenvalue weighted by atomic mass is 10.3. The number of aliphatic hydroxyl groups is 1. The molecule has 0 bridgehead atoms. The monoisotopic (exact) mass is 226 g/mol. The minimum Gasteiger partial charge on any atom is -0.393 e. The second-order valence-electron chi connectivity index (χ2n) is 3.95. The summed E-state index contributed by atoms with van der Waals surface area (Å²) >= 11 is 0. The average molecular weight is 226 g/mol. The van der Waals surface area contributed by atoms with Crippen LogP contribution in [0.4, 0.5) is 0 Å². The van der Waals surface area contributed by atoms with Gasteiger partial charge >= 0.3 is 0 Å². The van der Waals surface area contributed by atoms with Crippen molar-refractivity contribution in [1.29, 1.82) is 0 Å². The molecule has 0 heterocycles. The van der Waals surface area contributed by atoms with Crippen molar-refractivity contribution in [3.8, 4) is 0 Å². The fraction of sp³-hybridized carbons (Fsp3) is 0.455. The Morgan fingerprint density at radius 3 is 2.33 bits per heavy atom. The number of benzene rings is 1. The van der Waals surface area contributed by atoms with Crippen LogP contribution in [-0.4, -0.2) is 24.9 Å². The Morgan fingerprint density at radius 2 is 1.80 bits per heavy atom. The lowest BCUT2D eigenvalue weighted by molar-refractivity contribution is 0.183. The second kappa shape index (κ2) is 3.94. The van der Waals surface area contributed by atoms with Crippen LogP contribution in [0.1, 0.15) is 19.3 Å². The maximum absolute atomic E-state index is 12.1. The molecule has 1 aliphatic rings. The Morgan fingerprint density at radius 1 is 1.13 bits per heavy atom. The number of aliphatic hydroxyl groups excluding tert-OH is 1. The van der Waals surface area contributed by atoms with E-state index in [2.05, 4.69) is 0 Å². The first kappa shape index (κ1) is 10.6. The summed E-state index contributed by atoms with van der Waals surface area (Å²) in [5, 5.41) is 8.94. The van der Waals surface area contributed by atoms with Crippen molar-refractivity contribution < 1.29 is 13.5 Å². The van der Waals surface area contributed by atoms with Gasteiger partial charge in [-0.25, -0.2) is 8.42 Å². The Labute approximate surface area is 89.7 Å². The van der Waals surface area contributed by atoms with Crippen LogP contribution in [0.25, 0.3) is 0 Å². The largest absolute Gasteiger partial charge is 0.393 e. The summed E-state index contributed by atoms with van der Waals surface area (Å²) in [7, 11) is -3.23. The normalized spacial score (nSPS) is 26.7. The zero-order valence-electron chi connectivity index (χ0n) is 8.33. The van der Waals surface area contributed by atoms with E-state index in [9.17, 15) is 13.5 Å². The first-order valence-electron chi connectivity index (χ1n) is 5.08. The molecule has 0 amide bonds. The molecule has 0 unspecified atom stereocenters. The standard InChI is InChI=1S/C11H14O3S/c12-9-6-7-11(8-9)15(13,14)10-4-2-1-3-5-10/h1-5,9,11-12H,6-8H2/t9-,11+/m0/s1. The van der Waals surface area contributed by atoms with E-state index in [1.165, 1.54) is 0 Å². The summed E-state index contributed by atoms with van der Waals surface area (Å²) in [5.74, 6) is 0. The lowest BCUT2D eigenvalue weighted by Gasteiger charge is -2.10. The van der Waals surface area contributed by atoms with Gasteiger partial charge in [-0.15, -0.1) is 0 Å². The number of sulfone groups is 1. The van der Waals surface area contributed by atoms with E-state index in [1.54, 1.807) is 30.3 Å². The molecule has 15 heavy (non-hydrogen) atoms. The van der Waals surface area contributed by atoms with E-state index < -0.39 is 21.2 Å². The first-order valence-corrected chi connectivity index (χ1v) is 6.62. The van der Waals surface area contributed by atoms with Crippen molar-refractivity contribution >= 4 is 9.84 Å². The molecule has 0 radical (unpaired) electrons. The van der Waals surface area contributed by atoms with Gasteiger partial charge in [-0.3, -0.25) is 0 Å². The molecule has 2 atom stereocenters. The Hall–Kier alpha value is -0.870. The molecule has 0 saturated heterocycles. The van der Waals surface area contributed by atoms with Crippen LogP contribution in [0.15, 0.2) is 35.2 Å². The summed E-state index contributed by atoms with van der Waals surface area (Å²) in [6, 6.07) is 8.46. The fourth-order valence-corrected chi connectivity index (χ4v) is 3.85. The fourth-order valence-electron chi connectivity index (χ4n) is 2.00. The average Bonchev–Trinajstić information content (AvgIpc) is 2.67. The Balaban J connectivity index is 2.28. The van der Waals surface area contributed by atoms with Crippen LogP contribution < -0.4 is 0 Å². The molecular formula is C11H14O3S. The summed E-state index contributed by atoms with van der Waals surface area (Å²) < 4.78 is 24.1. The van der Waals surface area contributed by atoms with Gasteiger partial charge in [0.1, 0.15) is 0 Å². The molecule has 1 aliphatic carbocycles. The Bertz CT molecular complexity index is 424. The van der Waals surface area contributed by atoms with Gasteiger partial charge in [-0.05, 0) is 31.4 Å². The van der Waals surface area contributed by atoms with Crippen LogP contribution in [0.5, 0.6) is 0 Å². The quantitative estimate of drug-likeness (QED) is 0.828. The molecule has 4 heteroatoms. The molecular weight excluding hydrogens is 212 g/mol. The molecule has 1 saturated carbocycles. The van der Waals surface area contributed by atoms with Gasteiger partial charge in [-0.1, -0.05) is 18.2 Å². The Kier molecular flexibility index (Phi) is 2.80. The highest BCUT2D eigenvalue weighted by atomic mass is 32.2. The van der Waals surface area contributed by atoms with Crippen molar-refractivity contribution in [2.24, 2.45) is 0 Å². The van der Waals surface area contributed by atoms with Crippen molar-refractivity contribution in [2.75, 3.05) is 0 Å². The molecule has 0 aromatic heterocycles. The van der Waals surface area contributed by atoms with Crippen molar-refractivity contribution in [3.05, 3.63) is 30.3 Å². The van der Waals surface area contributed by atoms with Crippen LogP contribution in [0.3, 0.4) is 0 Å². The molecule has 1 aromatic carbocycles. The number of hydrogen-bond acceptors (Lipinski definition) is 3. The van der Waals surface area contributed by atoms with Crippen molar-refractivity contribution in [3.63, 3.8) is 0 Å². The topological polar surface area (TPSA) is 54.4 Å². The highest BCUT2D eigenvalue weighted by Gasteiger charge is 2.34. The van der Waals surface area contributed by atoms with E-state index in [0.717, 1.165) is 0 Å². The highest BCUT2D eigenvalue weighted by molar-refractivity contribution is 7.92. The molecule has 1 aromatic rings. The van der Waals surface area contributed by atoms with E-state index in [1.807, 2.05) is 0 Å². The molecule has 2 rings (SSSR count). The van der Waals surface area contributed by atoms with E-state index >= 15 is 0 Å². The van der Waals surface area contributed by atoms with Crippen LogP contribution in [-0.2, 0) is 9.84 Å². The van der Waals surface area contributed by atoms with Gasteiger partial charge in [0, 0.05) is 0 Å². The van der Waals surface area contributed by atoms with Crippen molar-refractivity contribution in [1.82, 2.24) is 0 Å². The van der Waals surface area contributed by atoms with E-state index in [0.29, 0.717) is 24.2 Å². The third kappa shape index (κ3) is 2.06. The molecule has 1 N–H and O–H groups in total. The van der Waals surface area contributed by atoms with Crippen LogP contribution >= 0.6 is 0 Å². The predicted octanol–water partition coefficient (Wildman–Crippen LogP) is 1.37. The van der Waals surface area contributed by atoms with Gasteiger partial charge in [0.2, 0.25) is 0 Å². The van der Waals surface area contributed by atoms with Crippen molar-refractivity contribution in [2.45, 2.75) is 35.5 Å².